The van der Waals surface area contributed by atoms with Crippen LogP contribution in [0.5, 0.6) is 0 Å². The van der Waals surface area contributed by atoms with Crippen LogP contribution in [0.25, 0.3) is 11.5 Å². The van der Waals surface area contributed by atoms with E-state index in [4.69, 9.17) is 31.6 Å². The van der Waals surface area contributed by atoms with Crippen molar-refractivity contribution in [3.05, 3.63) is 21.6 Å². The number of primary amides is 1. The van der Waals surface area contributed by atoms with Gasteiger partial charge < -0.3 is 38.6 Å². The number of hydrogen-bond acceptors (Lipinski definition) is 5. The Kier molecular flexibility index (Phi) is 83.1. The van der Waals surface area contributed by atoms with Gasteiger partial charge in [-0.05, 0) is 0 Å². The van der Waals surface area contributed by atoms with Gasteiger partial charge in [0.2, 0.25) is 0 Å². The molecule has 11 heteroatoms. The zero-order valence-corrected chi connectivity index (χ0v) is 9.15. The summed E-state index contributed by atoms with van der Waals surface area (Å²) < 4.78 is 0. The molecule has 0 spiro atoms. The van der Waals surface area contributed by atoms with Crippen molar-refractivity contribution in [2.75, 3.05) is 13.1 Å². The fraction of sp³-hybridized carbons (Fsp3) is 0.667. The van der Waals surface area contributed by atoms with E-state index in [0.29, 0.717) is 0 Å². The molecule has 0 unspecified atom stereocenters. The molecule has 0 fully saturated rings. The van der Waals surface area contributed by atoms with Crippen molar-refractivity contribution >= 4 is 6.03 Å². The van der Waals surface area contributed by atoms with Crippen LogP contribution in [0.2, 0.25) is 0 Å². The number of hydrogen-bond donors (Lipinski definition) is 3. The van der Waals surface area contributed by atoms with Gasteiger partial charge in [-0.15, -0.1) is 4.91 Å². The predicted molar refractivity (Wildman–Crippen MR) is 44.0 cm³/mol. The Balaban J connectivity index is -0.0000000278. The van der Waals surface area contributed by atoms with Crippen LogP contribution in [0, 0.1) is 10.1 Å². The van der Waals surface area contributed by atoms with Crippen LogP contribution < -0.4 is 11.2 Å². The van der Waals surface area contributed by atoms with E-state index in [-0.39, 0.29) is 39.6 Å². The van der Waals surface area contributed by atoms with Gasteiger partial charge >= 0.3 is 27.1 Å². The average molecular weight is 392 g/mol. The van der Waals surface area contributed by atoms with Gasteiger partial charge in [-0.3, -0.25) is 4.79 Å². The first kappa shape index (κ1) is 29.2. The SMILES string of the molecule is NC(=O)N[O-].O=NO.[NH-]CC[NH-].[OH-].[Pt+4]. The molecule has 10 nitrogen and oxygen atoms in total. The monoisotopic (exact) mass is 392 g/mol. The minimum absolute atomic E-state index is 0. The number of rotatable bonds is 1. The topological polar surface area (TPSA) is 205 Å². The Morgan fingerprint density at radius 1 is 1.50 bits per heavy atom. The number of carbonyl (C=O) groups is 1. The number of nitrogens with zero attached hydrogens (tertiary/aromatic N) is 1. The third-order valence-electron chi connectivity index (χ3n) is 0.226. The molecule has 0 radical (unpaired) electrons. The summed E-state index contributed by atoms with van der Waals surface area (Å²) in [5.74, 6) is 0. The molecule has 0 saturated carbocycles. The summed E-state index contributed by atoms with van der Waals surface area (Å²) in [7, 11) is 0. The molecule has 0 rings (SSSR count). The quantitative estimate of drug-likeness (QED) is 0.421. The number of hydroxylamine groups is 1. The molecule has 0 bridgehead atoms. The summed E-state index contributed by atoms with van der Waals surface area (Å²) in [5.41, 5.74) is 17.7. The third kappa shape index (κ3) is 241. The molecule has 7 N–H and O–H groups in total. The molecule has 2 amide bonds. The number of carbonyl (C=O) groups excluding carboxylic acids is 1. The normalized spacial score (nSPS) is 5.36. The summed E-state index contributed by atoms with van der Waals surface area (Å²) >= 11 is 0. The van der Waals surface area contributed by atoms with Gasteiger partial charge in [0.1, 0.15) is 0 Å². The maximum atomic E-state index is 9.17. The summed E-state index contributed by atoms with van der Waals surface area (Å²) in [4.78, 5) is 17.3. The minimum atomic E-state index is -1.05. The molecule has 0 aliphatic rings. The number of urea groups is 1. The maximum absolute atomic E-state index is 9.17. The van der Waals surface area contributed by atoms with Crippen molar-refractivity contribution in [2.24, 2.45) is 11.1 Å². The molecule has 88 valence electrons. The van der Waals surface area contributed by atoms with E-state index in [9.17, 15) is 0 Å². The molecule has 0 aromatic heterocycles. The molecule has 0 saturated heterocycles. The van der Waals surface area contributed by atoms with E-state index in [1.54, 1.807) is 0 Å². The second-order valence-electron chi connectivity index (χ2n) is 1.05. The number of nitrogens with one attached hydrogen (secondary N) is 3. The van der Waals surface area contributed by atoms with Crippen molar-refractivity contribution in [2.45, 2.75) is 0 Å². The summed E-state index contributed by atoms with van der Waals surface area (Å²) in [6.07, 6.45) is 0. The fourth-order valence-corrected chi connectivity index (χ4v) is 0. The second-order valence-corrected chi connectivity index (χ2v) is 1.05. The standard InChI is InChI=1S/C2H6N2.CH3N2O2.HNO2.H2O.Pt/c3-1-2-4;2-1(4)3-5;2-1-3;;/h3-4H,1-2H2;(H3-,2,3,4,5);(H,2,3);1H2;/q-2;-1;;;+4/p-1. The summed E-state index contributed by atoms with van der Waals surface area (Å²) in [6.45, 7) is 0.472. The van der Waals surface area contributed by atoms with E-state index >= 15 is 0 Å². The predicted octanol–water partition coefficient (Wildman–Crippen LogP) is 0.206. The first-order chi connectivity index (χ1) is 5.60. The molecular weight excluding hydrogens is 381 g/mol. The van der Waals surface area contributed by atoms with Crippen LogP contribution in [-0.4, -0.2) is 29.8 Å². The van der Waals surface area contributed by atoms with Gasteiger partial charge in [0.15, 0.2) is 5.34 Å². The smallest absolute Gasteiger partial charge is 0.870 e. The van der Waals surface area contributed by atoms with Gasteiger partial charge in [0, 0.05) is 0 Å². The fourth-order valence-electron chi connectivity index (χ4n) is 0. The summed E-state index contributed by atoms with van der Waals surface area (Å²) in [6, 6.07) is -1.05. The molecule has 0 aromatic rings. The van der Waals surface area contributed by atoms with Gasteiger partial charge in [-0.2, -0.15) is 13.1 Å². The Morgan fingerprint density at radius 2 is 1.64 bits per heavy atom. The average Bonchev–Trinajstić information content (AvgIpc) is 2.06. The van der Waals surface area contributed by atoms with Crippen LogP contribution in [0.15, 0.2) is 5.34 Å². The van der Waals surface area contributed by atoms with E-state index in [0.717, 1.165) is 5.48 Å². The Morgan fingerprint density at radius 3 is 1.64 bits per heavy atom. The molecule has 0 atom stereocenters. The largest absolute Gasteiger partial charge is 4.00 e. The second kappa shape index (κ2) is 39.8. The van der Waals surface area contributed by atoms with Gasteiger partial charge in [0.05, 0.1) is 0 Å². The zero-order chi connectivity index (χ0) is 10.4. The first-order valence-electron chi connectivity index (χ1n) is 2.54. The Bertz CT molecular complexity index is 103. The molecule has 0 heterocycles. The first-order valence-corrected chi connectivity index (χ1v) is 2.54. The molecule has 0 aromatic carbocycles. The van der Waals surface area contributed by atoms with Crippen molar-refractivity contribution in [3.63, 3.8) is 0 Å². The maximum Gasteiger partial charge on any atom is 4.00 e. The van der Waals surface area contributed by atoms with Crippen LogP contribution in [0.1, 0.15) is 0 Å². The van der Waals surface area contributed by atoms with Crippen molar-refractivity contribution in [1.29, 1.82) is 0 Å². The van der Waals surface area contributed by atoms with Crippen LogP contribution in [0.4, 0.5) is 4.79 Å². The van der Waals surface area contributed by atoms with E-state index < -0.39 is 6.03 Å². The van der Waals surface area contributed by atoms with Crippen LogP contribution >= 0.6 is 0 Å². The van der Waals surface area contributed by atoms with Crippen LogP contribution in [0.3, 0.4) is 0 Å². The van der Waals surface area contributed by atoms with Gasteiger partial charge in [-0.25, -0.2) is 0 Å². The van der Waals surface area contributed by atoms with Gasteiger partial charge in [0.25, 0.3) is 0 Å². The van der Waals surface area contributed by atoms with Crippen molar-refractivity contribution in [1.82, 2.24) is 5.48 Å². The third-order valence-corrected chi connectivity index (χ3v) is 0.226. The number of amides is 2. The van der Waals surface area contributed by atoms with Crippen molar-refractivity contribution < 1.29 is 36.5 Å². The summed E-state index contributed by atoms with van der Waals surface area (Å²) in [5, 5.41) is 16.8. The zero-order valence-electron chi connectivity index (χ0n) is 6.87. The van der Waals surface area contributed by atoms with Crippen LogP contribution in [-0.2, 0) is 21.1 Å². The van der Waals surface area contributed by atoms with E-state index in [1.165, 1.54) is 5.34 Å². The van der Waals surface area contributed by atoms with E-state index in [1.807, 2.05) is 0 Å². The van der Waals surface area contributed by atoms with E-state index in [2.05, 4.69) is 5.73 Å². The molecule has 0 aliphatic heterocycles. The molecule has 14 heavy (non-hydrogen) atoms. The van der Waals surface area contributed by atoms with Crippen molar-refractivity contribution in [3.8, 4) is 0 Å². The Labute approximate surface area is 94.3 Å². The molecular formula is C3H11N5O5Pt. The number of nitrogens with two attached hydrogens (primary N) is 1. The Hall–Kier alpha value is -0.802. The molecule has 0 aliphatic carbocycles. The van der Waals surface area contributed by atoms with Gasteiger partial charge in [-0.1, -0.05) is 0 Å². The minimum Gasteiger partial charge on any atom is -0.870 e.